The van der Waals surface area contributed by atoms with Crippen molar-refractivity contribution in [2.24, 2.45) is 5.41 Å². The van der Waals surface area contributed by atoms with E-state index < -0.39 is 5.41 Å². The van der Waals surface area contributed by atoms with Crippen molar-refractivity contribution in [3.05, 3.63) is 23.8 Å². The number of carbonyl (C=O) groups excluding carboxylic acids is 3. The predicted molar refractivity (Wildman–Crippen MR) is 142 cm³/mol. The number of benzene rings is 1. The average Bonchev–Trinajstić information content (AvgIpc) is 3.20. The summed E-state index contributed by atoms with van der Waals surface area (Å²) in [6.45, 7) is 3.96. The van der Waals surface area contributed by atoms with Crippen LogP contribution in [0.2, 0.25) is 0 Å². The number of hydrazine groups is 1. The number of carbonyl (C=O) groups is 3. The van der Waals surface area contributed by atoms with E-state index in [-0.39, 0.29) is 23.8 Å². The zero-order valence-electron chi connectivity index (χ0n) is 21.4. The summed E-state index contributed by atoms with van der Waals surface area (Å²) < 4.78 is 6.36. The fourth-order valence-electron chi connectivity index (χ4n) is 6.78. The molecule has 4 saturated heterocycles. The van der Waals surface area contributed by atoms with E-state index in [2.05, 4.69) is 4.90 Å². The van der Waals surface area contributed by atoms with Gasteiger partial charge in [0.1, 0.15) is 11.2 Å². The van der Waals surface area contributed by atoms with Crippen LogP contribution in [-0.2, 0) is 9.59 Å². The van der Waals surface area contributed by atoms with Crippen molar-refractivity contribution in [1.29, 1.82) is 0 Å². The summed E-state index contributed by atoms with van der Waals surface area (Å²) in [5.74, 6) is 0.705. The Bertz CT molecular complexity index is 1210. The molecule has 0 bridgehead atoms. The van der Waals surface area contributed by atoms with Gasteiger partial charge in [-0.2, -0.15) is 0 Å². The zero-order chi connectivity index (χ0) is 25.7. The molecule has 198 valence electrons. The number of nitrogen functional groups attached to an aromatic ring is 1. The van der Waals surface area contributed by atoms with Crippen molar-refractivity contribution in [2.45, 2.75) is 51.0 Å². The van der Waals surface area contributed by atoms with Gasteiger partial charge in [-0.3, -0.25) is 29.3 Å². The van der Waals surface area contributed by atoms with E-state index in [1.54, 1.807) is 17.1 Å². The number of rotatable bonds is 3. The highest BCUT2D eigenvalue weighted by molar-refractivity contribution is 7.23. The summed E-state index contributed by atoms with van der Waals surface area (Å²) >= 11 is 1.39. The number of nitrogens with zero attached hydrogens (tertiary/aromatic N) is 4. The van der Waals surface area contributed by atoms with E-state index in [0.717, 1.165) is 60.9 Å². The van der Waals surface area contributed by atoms with Gasteiger partial charge in [0.25, 0.3) is 17.7 Å². The van der Waals surface area contributed by atoms with E-state index in [0.29, 0.717) is 49.7 Å². The fraction of sp³-hybridized carbons (Fsp3) is 0.593. The monoisotopic (exact) mass is 525 g/mol. The van der Waals surface area contributed by atoms with Crippen LogP contribution in [0.5, 0.6) is 5.75 Å². The summed E-state index contributed by atoms with van der Waals surface area (Å²) in [4.78, 5) is 44.9. The summed E-state index contributed by atoms with van der Waals surface area (Å²) in [7, 11) is 1.62. The molecule has 2 N–H and O–H groups in total. The van der Waals surface area contributed by atoms with E-state index in [1.165, 1.54) is 11.3 Å². The van der Waals surface area contributed by atoms with Crippen molar-refractivity contribution in [1.82, 2.24) is 19.8 Å². The smallest absolute Gasteiger partial charge is 0.258 e. The Labute approximate surface area is 221 Å². The van der Waals surface area contributed by atoms with Gasteiger partial charge < -0.3 is 15.4 Å². The number of thiophene rings is 1. The summed E-state index contributed by atoms with van der Waals surface area (Å²) in [6, 6.07) is 5.96. The van der Waals surface area contributed by atoms with Crippen LogP contribution in [0.25, 0.3) is 10.1 Å². The van der Waals surface area contributed by atoms with Gasteiger partial charge in [-0.05, 0) is 57.6 Å². The van der Waals surface area contributed by atoms with Crippen molar-refractivity contribution in [2.75, 3.05) is 52.1 Å². The predicted octanol–water partition coefficient (Wildman–Crippen LogP) is 2.95. The third kappa shape index (κ3) is 3.87. The Morgan fingerprint density at radius 1 is 1.00 bits per heavy atom. The highest BCUT2D eigenvalue weighted by atomic mass is 32.1. The summed E-state index contributed by atoms with van der Waals surface area (Å²) in [5, 5.41) is 4.84. The lowest BCUT2D eigenvalue weighted by Gasteiger charge is -2.44. The van der Waals surface area contributed by atoms with E-state index in [4.69, 9.17) is 10.5 Å². The lowest BCUT2D eigenvalue weighted by Crippen LogP contribution is -2.56. The molecule has 1 aromatic carbocycles. The molecule has 0 unspecified atom stereocenters. The maximum Gasteiger partial charge on any atom is 0.258 e. The second-order valence-electron chi connectivity index (χ2n) is 10.8. The van der Waals surface area contributed by atoms with Gasteiger partial charge in [0.15, 0.2) is 0 Å². The average molecular weight is 526 g/mol. The normalized spacial score (nSPS) is 23.1. The molecule has 10 heteroatoms. The Morgan fingerprint density at radius 2 is 1.70 bits per heavy atom. The number of likely N-dealkylation sites (tertiary alicyclic amines) is 2. The molecule has 4 fully saturated rings. The SMILES string of the molecule is COc1cccc2c(C(=O)N3CCC(N4CCCC5(C4)C(=O)N4CCCCCN4C5=O)CC3)c(N)sc12. The standard InChI is InChI=1S/C27H35N5O4S/c1-36-20-8-5-7-19-21(23(28)37-22(19)20)24(33)29-15-9-18(10-16-29)30-12-6-11-27(17-30)25(34)31-13-3-2-4-14-32(31)26(27)35/h5,7-8,18H,2-4,6,9-17,28H2,1H3. The van der Waals surface area contributed by atoms with Crippen LogP contribution in [0, 0.1) is 5.41 Å². The van der Waals surface area contributed by atoms with Crippen LogP contribution >= 0.6 is 11.3 Å². The number of ether oxygens (including phenoxy) is 1. The first-order valence-corrected chi connectivity index (χ1v) is 14.3. The fourth-order valence-corrected chi connectivity index (χ4v) is 7.84. The molecule has 0 saturated carbocycles. The van der Waals surface area contributed by atoms with Gasteiger partial charge in [0.05, 0.1) is 22.4 Å². The van der Waals surface area contributed by atoms with Gasteiger partial charge >= 0.3 is 0 Å². The van der Waals surface area contributed by atoms with Gasteiger partial charge in [0.2, 0.25) is 0 Å². The minimum Gasteiger partial charge on any atom is -0.495 e. The van der Waals surface area contributed by atoms with Crippen LogP contribution in [-0.4, -0.2) is 90.0 Å². The molecule has 0 atom stereocenters. The molecule has 37 heavy (non-hydrogen) atoms. The molecule has 4 aliphatic heterocycles. The molecular weight excluding hydrogens is 490 g/mol. The molecule has 3 amide bonds. The number of fused-ring (bicyclic) bond motifs is 2. The topological polar surface area (TPSA) is 99.4 Å². The van der Waals surface area contributed by atoms with Crippen molar-refractivity contribution in [3.8, 4) is 5.75 Å². The molecular formula is C27H35N5O4S. The third-order valence-electron chi connectivity index (χ3n) is 8.75. The second kappa shape index (κ2) is 9.47. The van der Waals surface area contributed by atoms with Gasteiger partial charge in [-0.1, -0.05) is 12.1 Å². The third-order valence-corrected chi connectivity index (χ3v) is 9.80. The highest BCUT2D eigenvalue weighted by Gasteiger charge is 2.60. The Balaban J connectivity index is 1.15. The quantitative estimate of drug-likeness (QED) is 0.619. The zero-order valence-corrected chi connectivity index (χ0v) is 22.2. The highest BCUT2D eigenvalue weighted by Crippen LogP contribution is 2.43. The lowest BCUT2D eigenvalue weighted by atomic mass is 9.78. The van der Waals surface area contributed by atoms with Crippen LogP contribution in [0.4, 0.5) is 5.00 Å². The van der Waals surface area contributed by atoms with Crippen molar-refractivity contribution >= 4 is 44.1 Å². The number of hydrogen-bond acceptors (Lipinski definition) is 7. The minimum absolute atomic E-state index is 0.00644. The molecule has 5 heterocycles. The molecule has 9 nitrogen and oxygen atoms in total. The number of hydrogen-bond donors (Lipinski definition) is 1. The summed E-state index contributed by atoms with van der Waals surface area (Å²) in [6.07, 6.45) is 6.10. The molecule has 1 aromatic heterocycles. The molecule has 0 radical (unpaired) electrons. The first kappa shape index (κ1) is 24.5. The first-order valence-electron chi connectivity index (χ1n) is 13.5. The molecule has 6 rings (SSSR count). The Hall–Kier alpha value is -2.85. The number of methoxy groups -OCH3 is 1. The minimum atomic E-state index is -0.925. The lowest BCUT2D eigenvalue weighted by molar-refractivity contribution is -0.145. The van der Waals surface area contributed by atoms with E-state index in [9.17, 15) is 14.4 Å². The van der Waals surface area contributed by atoms with Crippen molar-refractivity contribution in [3.63, 3.8) is 0 Å². The van der Waals surface area contributed by atoms with Crippen LogP contribution < -0.4 is 10.5 Å². The number of anilines is 1. The Kier molecular flexibility index (Phi) is 6.27. The van der Waals surface area contributed by atoms with Crippen LogP contribution in [0.1, 0.15) is 55.3 Å². The van der Waals surface area contributed by atoms with E-state index >= 15 is 0 Å². The second-order valence-corrected chi connectivity index (χ2v) is 11.8. The van der Waals surface area contributed by atoms with Crippen LogP contribution in [0.3, 0.4) is 0 Å². The maximum absolute atomic E-state index is 13.5. The number of nitrogens with two attached hydrogens (primary N) is 1. The summed E-state index contributed by atoms with van der Waals surface area (Å²) in [5.41, 5.74) is 5.96. The number of piperidine rings is 2. The van der Waals surface area contributed by atoms with Gasteiger partial charge in [0, 0.05) is 44.2 Å². The molecule has 0 aliphatic carbocycles. The van der Waals surface area contributed by atoms with Crippen molar-refractivity contribution < 1.29 is 19.1 Å². The molecule has 2 aromatic rings. The van der Waals surface area contributed by atoms with Crippen LogP contribution in [0.15, 0.2) is 18.2 Å². The number of amides is 3. The maximum atomic E-state index is 13.5. The van der Waals surface area contributed by atoms with E-state index in [1.807, 2.05) is 23.1 Å². The van der Waals surface area contributed by atoms with Gasteiger partial charge in [-0.25, -0.2) is 0 Å². The molecule has 1 spiro atoms. The Morgan fingerprint density at radius 3 is 2.38 bits per heavy atom. The largest absolute Gasteiger partial charge is 0.495 e. The molecule has 4 aliphatic rings. The first-order chi connectivity index (χ1) is 17.9. The van der Waals surface area contributed by atoms with Gasteiger partial charge in [-0.15, -0.1) is 11.3 Å².